The third kappa shape index (κ3) is 7.39. The highest BCUT2D eigenvalue weighted by molar-refractivity contribution is 6.31. The van der Waals surface area contributed by atoms with Gasteiger partial charge in [0.15, 0.2) is 0 Å². The molecule has 0 aliphatic rings. The number of nitrogens with zero attached hydrogens (tertiary/aromatic N) is 1. The van der Waals surface area contributed by atoms with Crippen molar-refractivity contribution in [1.29, 1.82) is 0 Å². The Labute approximate surface area is 192 Å². The number of hydrogen-bond acceptors (Lipinski definition) is 2. The van der Waals surface area contributed by atoms with Crippen LogP contribution in [0.15, 0.2) is 48.5 Å². The second-order valence-electron chi connectivity index (χ2n) is 8.03. The number of benzene rings is 2. The molecule has 0 aromatic heterocycles. The van der Waals surface area contributed by atoms with Crippen LogP contribution in [0.2, 0.25) is 5.02 Å². The molecule has 0 saturated heterocycles. The molecular weight excluding hydrogens is 408 g/mol. The normalized spacial score (nSPS) is 12.8. The molecule has 2 aromatic carbocycles. The van der Waals surface area contributed by atoms with Crippen molar-refractivity contribution in [2.45, 2.75) is 78.4 Å². The van der Waals surface area contributed by atoms with Crippen molar-refractivity contribution < 1.29 is 9.59 Å². The van der Waals surface area contributed by atoms with Gasteiger partial charge in [0.25, 0.3) is 0 Å². The molecule has 2 amide bonds. The van der Waals surface area contributed by atoms with Crippen LogP contribution in [0, 0.1) is 0 Å². The SMILES string of the molecule is CCc1ccc(CCC(=O)N(Cc2ccccc2Cl)[C@H](CC)C(=O)N[C@H](C)CC)cc1. The lowest BCUT2D eigenvalue weighted by atomic mass is 10.0. The predicted molar refractivity (Wildman–Crippen MR) is 128 cm³/mol. The fraction of sp³-hybridized carbons (Fsp3) is 0.462. The summed E-state index contributed by atoms with van der Waals surface area (Å²) < 4.78 is 0. The maximum atomic E-state index is 13.3. The second kappa shape index (κ2) is 12.5. The van der Waals surface area contributed by atoms with E-state index in [4.69, 9.17) is 11.6 Å². The van der Waals surface area contributed by atoms with E-state index in [1.54, 1.807) is 4.90 Å². The highest BCUT2D eigenvalue weighted by Crippen LogP contribution is 2.21. The molecule has 168 valence electrons. The van der Waals surface area contributed by atoms with Gasteiger partial charge in [-0.1, -0.05) is 74.8 Å². The Bertz CT molecular complexity index is 851. The van der Waals surface area contributed by atoms with E-state index in [2.05, 4.69) is 36.5 Å². The smallest absolute Gasteiger partial charge is 0.243 e. The highest BCUT2D eigenvalue weighted by atomic mass is 35.5. The van der Waals surface area contributed by atoms with Gasteiger partial charge in [0.1, 0.15) is 6.04 Å². The van der Waals surface area contributed by atoms with Crippen LogP contribution in [-0.2, 0) is 29.0 Å². The average molecular weight is 443 g/mol. The summed E-state index contributed by atoms with van der Waals surface area (Å²) in [7, 11) is 0. The third-order valence-corrected chi connectivity index (χ3v) is 6.11. The summed E-state index contributed by atoms with van der Waals surface area (Å²) in [5.41, 5.74) is 3.25. The Morgan fingerprint density at radius 1 is 0.968 bits per heavy atom. The first-order valence-corrected chi connectivity index (χ1v) is 11.7. The van der Waals surface area contributed by atoms with E-state index in [0.717, 1.165) is 24.0 Å². The maximum Gasteiger partial charge on any atom is 0.243 e. The minimum absolute atomic E-state index is 0.0364. The van der Waals surface area contributed by atoms with Crippen LogP contribution in [0.3, 0.4) is 0 Å². The van der Waals surface area contributed by atoms with Crippen LogP contribution < -0.4 is 5.32 Å². The molecule has 31 heavy (non-hydrogen) atoms. The Kier molecular flexibility index (Phi) is 10.1. The van der Waals surface area contributed by atoms with E-state index in [0.29, 0.717) is 30.8 Å². The molecule has 1 N–H and O–H groups in total. The van der Waals surface area contributed by atoms with E-state index < -0.39 is 6.04 Å². The molecule has 0 heterocycles. The van der Waals surface area contributed by atoms with Crippen LogP contribution >= 0.6 is 11.6 Å². The number of carbonyl (C=O) groups excluding carboxylic acids is 2. The fourth-order valence-corrected chi connectivity index (χ4v) is 3.70. The molecule has 0 radical (unpaired) electrons. The number of halogens is 1. The topological polar surface area (TPSA) is 49.4 Å². The van der Waals surface area contributed by atoms with Gasteiger partial charge in [-0.3, -0.25) is 9.59 Å². The summed E-state index contributed by atoms with van der Waals surface area (Å²) in [6.07, 6.45) is 3.38. The van der Waals surface area contributed by atoms with E-state index in [-0.39, 0.29) is 17.9 Å². The quantitative estimate of drug-likeness (QED) is 0.495. The number of hydrogen-bond donors (Lipinski definition) is 1. The molecule has 2 aromatic rings. The van der Waals surface area contributed by atoms with Crippen molar-refractivity contribution in [3.63, 3.8) is 0 Å². The lowest BCUT2D eigenvalue weighted by molar-refractivity contribution is -0.141. The van der Waals surface area contributed by atoms with Crippen LogP contribution in [-0.4, -0.2) is 28.8 Å². The first kappa shape index (κ1) is 24.9. The lowest BCUT2D eigenvalue weighted by Gasteiger charge is -2.31. The maximum absolute atomic E-state index is 13.3. The summed E-state index contributed by atoms with van der Waals surface area (Å²) in [4.78, 5) is 28.0. The summed E-state index contributed by atoms with van der Waals surface area (Å²) >= 11 is 6.37. The minimum Gasteiger partial charge on any atom is -0.352 e. The Balaban J connectivity index is 2.20. The first-order valence-electron chi connectivity index (χ1n) is 11.3. The Hall–Kier alpha value is -2.33. The molecule has 0 fully saturated rings. The molecule has 0 aliphatic carbocycles. The van der Waals surface area contributed by atoms with Crippen molar-refractivity contribution in [1.82, 2.24) is 10.2 Å². The van der Waals surface area contributed by atoms with Crippen molar-refractivity contribution in [3.05, 3.63) is 70.2 Å². The molecule has 0 bridgehead atoms. The van der Waals surface area contributed by atoms with Crippen LogP contribution in [0.25, 0.3) is 0 Å². The molecule has 5 heteroatoms. The predicted octanol–water partition coefficient (Wildman–Crippen LogP) is 5.56. The number of amides is 2. The van der Waals surface area contributed by atoms with Crippen LogP contribution in [0.5, 0.6) is 0 Å². The van der Waals surface area contributed by atoms with Crippen molar-refractivity contribution in [3.8, 4) is 0 Å². The van der Waals surface area contributed by atoms with Crippen molar-refractivity contribution in [2.75, 3.05) is 0 Å². The highest BCUT2D eigenvalue weighted by Gasteiger charge is 2.29. The third-order valence-electron chi connectivity index (χ3n) is 5.74. The summed E-state index contributed by atoms with van der Waals surface area (Å²) in [5.74, 6) is -0.143. The van der Waals surface area contributed by atoms with Crippen LogP contribution in [0.1, 0.15) is 63.6 Å². The summed E-state index contributed by atoms with van der Waals surface area (Å²) in [5, 5.41) is 3.64. The summed E-state index contributed by atoms with van der Waals surface area (Å²) in [6, 6.07) is 15.4. The largest absolute Gasteiger partial charge is 0.352 e. The standard InChI is InChI=1S/C26H35ClN2O2/c1-5-19(4)28-26(31)24(7-3)29(18-22-10-8-9-11-23(22)27)25(30)17-16-21-14-12-20(6-2)13-15-21/h8-15,19,24H,5-7,16-18H2,1-4H3,(H,28,31)/t19-,24-/m1/s1. The number of carbonyl (C=O) groups is 2. The monoisotopic (exact) mass is 442 g/mol. The van der Waals surface area contributed by atoms with E-state index in [9.17, 15) is 9.59 Å². The van der Waals surface area contributed by atoms with E-state index >= 15 is 0 Å². The zero-order valence-corrected chi connectivity index (χ0v) is 19.9. The Morgan fingerprint density at radius 3 is 2.19 bits per heavy atom. The van der Waals surface area contributed by atoms with E-state index in [1.807, 2.05) is 45.0 Å². The minimum atomic E-state index is -0.528. The molecule has 2 rings (SSSR count). The van der Waals surface area contributed by atoms with Gasteiger partial charge in [-0.15, -0.1) is 0 Å². The van der Waals surface area contributed by atoms with Gasteiger partial charge in [0.2, 0.25) is 11.8 Å². The van der Waals surface area contributed by atoms with Gasteiger partial charge in [-0.25, -0.2) is 0 Å². The zero-order chi connectivity index (χ0) is 22.8. The van der Waals surface area contributed by atoms with Gasteiger partial charge < -0.3 is 10.2 Å². The average Bonchev–Trinajstić information content (AvgIpc) is 2.78. The first-order chi connectivity index (χ1) is 14.9. The molecule has 4 nitrogen and oxygen atoms in total. The van der Waals surface area contributed by atoms with Gasteiger partial charge in [0, 0.05) is 24.0 Å². The van der Waals surface area contributed by atoms with Gasteiger partial charge in [-0.2, -0.15) is 0 Å². The molecule has 0 saturated carbocycles. The molecule has 0 spiro atoms. The van der Waals surface area contributed by atoms with Crippen LogP contribution in [0.4, 0.5) is 0 Å². The van der Waals surface area contributed by atoms with Crippen molar-refractivity contribution >= 4 is 23.4 Å². The number of rotatable bonds is 11. The van der Waals surface area contributed by atoms with Gasteiger partial charge >= 0.3 is 0 Å². The zero-order valence-electron chi connectivity index (χ0n) is 19.2. The molecule has 0 unspecified atom stereocenters. The van der Waals surface area contributed by atoms with E-state index in [1.165, 1.54) is 5.56 Å². The molecular formula is C26H35ClN2O2. The summed E-state index contributed by atoms with van der Waals surface area (Å²) in [6.45, 7) is 8.39. The second-order valence-corrected chi connectivity index (χ2v) is 8.43. The number of aryl methyl sites for hydroxylation is 2. The lowest BCUT2D eigenvalue weighted by Crippen LogP contribution is -2.50. The fourth-order valence-electron chi connectivity index (χ4n) is 3.51. The molecule has 0 aliphatic heterocycles. The van der Waals surface area contributed by atoms with Crippen molar-refractivity contribution in [2.24, 2.45) is 0 Å². The van der Waals surface area contributed by atoms with Gasteiger partial charge in [0.05, 0.1) is 0 Å². The number of nitrogens with one attached hydrogen (secondary N) is 1. The molecule has 2 atom stereocenters. The van der Waals surface area contributed by atoms with Gasteiger partial charge in [-0.05, 0) is 55.4 Å². The Morgan fingerprint density at radius 2 is 1.61 bits per heavy atom.